The van der Waals surface area contributed by atoms with Crippen molar-refractivity contribution < 1.29 is 0 Å². The molecule has 0 spiro atoms. The van der Waals surface area contributed by atoms with Gasteiger partial charge in [0, 0.05) is 6.04 Å². The molecule has 3 N–H and O–H groups in total. The summed E-state index contributed by atoms with van der Waals surface area (Å²) in [4.78, 5) is 2.47. The molecule has 78 valence electrons. The lowest BCUT2D eigenvalue weighted by Gasteiger charge is -2.20. The molecule has 1 rings (SSSR count). The molecule has 0 amide bonds. The first-order valence-corrected chi connectivity index (χ1v) is 4.01. The first kappa shape index (κ1) is 18.3. The summed E-state index contributed by atoms with van der Waals surface area (Å²) in [6, 6.07) is 0.826. The highest BCUT2D eigenvalue weighted by atomic mass is 35.5. The third kappa shape index (κ3) is 6.06. The fourth-order valence-corrected chi connectivity index (χ4v) is 1.42. The molecule has 12 heavy (non-hydrogen) atoms. The average molecular weight is 217 g/mol. The summed E-state index contributed by atoms with van der Waals surface area (Å²) < 4.78 is 0. The monoisotopic (exact) mass is 216 g/mol. The summed E-state index contributed by atoms with van der Waals surface area (Å²) in [6.45, 7) is 3.63. The maximum Gasteiger partial charge on any atom is 0.00638 e. The summed E-state index contributed by atoms with van der Waals surface area (Å²) in [7, 11) is 2.23. The molecule has 4 heteroatoms. The predicted octanol–water partition coefficient (Wildman–Crippen LogP) is 2.89. The van der Waals surface area contributed by atoms with Crippen molar-refractivity contribution in [1.29, 1.82) is 0 Å². The zero-order chi connectivity index (χ0) is 6.69. The van der Waals surface area contributed by atoms with Crippen molar-refractivity contribution in [2.24, 2.45) is 0 Å². The van der Waals surface area contributed by atoms with E-state index in [0.29, 0.717) is 0 Å². The van der Waals surface area contributed by atoms with Crippen LogP contribution in [0.5, 0.6) is 0 Å². The van der Waals surface area contributed by atoms with Crippen LogP contribution in [0, 0.1) is 0 Å². The molecule has 2 nitrogen and oxygen atoms in total. The highest BCUT2D eigenvalue weighted by Crippen LogP contribution is 2.13. The van der Waals surface area contributed by atoms with Crippen LogP contribution in [0.15, 0.2) is 0 Å². The minimum Gasteiger partial charge on any atom is -0.344 e. The average Bonchev–Trinajstić information content (AvgIpc) is 1.99. The van der Waals surface area contributed by atoms with Crippen molar-refractivity contribution in [3.05, 3.63) is 0 Å². The van der Waals surface area contributed by atoms with E-state index in [1.165, 1.54) is 32.2 Å². The number of halogens is 2. The smallest absolute Gasteiger partial charge is 0.00638 e. The van der Waals surface area contributed by atoms with Gasteiger partial charge >= 0.3 is 0 Å². The van der Waals surface area contributed by atoms with Gasteiger partial charge in [-0.3, -0.25) is 0 Å². The molecule has 1 aliphatic heterocycles. The lowest BCUT2D eigenvalue weighted by atomic mass is 10.1. The Kier molecular flexibility index (Phi) is 14.6. The number of rotatable bonds is 0. The van der Waals surface area contributed by atoms with Gasteiger partial charge in [-0.2, -0.15) is 0 Å². The molecule has 1 aliphatic rings. The van der Waals surface area contributed by atoms with Crippen molar-refractivity contribution in [2.45, 2.75) is 38.6 Å². The second kappa shape index (κ2) is 9.59. The van der Waals surface area contributed by atoms with Crippen LogP contribution in [0.3, 0.4) is 0 Å². The van der Waals surface area contributed by atoms with Crippen LogP contribution in [0.1, 0.15) is 32.6 Å². The van der Waals surface area contributed by atoms with Gasteiger partial charge < -0.3 is 11.1 Å². The molecule has 0 aromatic rings. The molecule has 1 heterocycles. The molecular weight excluding hydrogens is 195 g/mol. The zero-order valence-electron chi connectivity index (χ0n) is 8.08. The Balaban J connectivity index is -0.000000270. The van der Waals surface area contributed by atoms with Gasteiger partial charge in [0.25, 0.3) is 0 Å². The zero-order valence-corrected chi connectivity index (χ0v) is 9.72. The lowest BCUT2D eigenvalue weighted by molar-refractivity contribution is 0.264. The largest absolute Gasteiger partial charge is 0.344 e. The predicted molar refractivity (Wildman–Crippen MR) is 60.1 cm³/mol. The summed E-state index contributed by atoms with van der Waals surface area (Å²) in [6.07, 6.45) is 5.68. The van der Waals surface area contributed by atoms with Crippen molar-refractivity contribution in [2.75, 3.05) is 13.6 Å². The third-order valence-corrected chi connectivity index (χ3v) is 2.39. The van der Waals surface area contributed by atoms with E-state index in [0.717, 1.165) is 6.04 Å². The van der Waals surface area contributed by atoms with Crippen molar-refractivity contribution in [3.8, 4) is 0 Å². The molecule has 0 bridgehead atoms. The highest BCUT2D eigenvalue weighted by molar-refractivity contribution is 5.85. The van der Waals surface area contributed by atoms with E-state index in [4.69, 9.17) is 0 Å². The Morgan fingerprint density at radius 1 is 1.08 bits per heavy atom. The molecule has 0 aromatic heterocycles. The molecule has 1 unspecified atom stereocenters. The SMILES string of the molecule is CC1CCCCCN1C.Cl.Cl.N. The lowest BCUT2D eigenvalue weighted by Crippen LogP contribution is -2.27. The second-order valence-electron chi connectivity index (χ2n) is 3.18. The van der Waals surface area contributed by atoms with E-state index in [1.807, 2.05) is 0 Å². The van der Waals surface area contributed by atoms with Gasteiger partial charge in [0.1, 0.15) is 0 Å². The van der Waals surface area contributed by atoms with Crippen LogP contribution in [0.2, 0.25) is 0 Å². The van der Waals surface area contributed by atoms with Crippen molar-refractivity contribution >= 4 is 24.8 Å². The molecule has 1 fully saturated rings. The molecule has 0 aliphatic carbocycles. The summed E-state index contributed by atoms with van der Waals surface area (Å²) in [5.74, 6) is 0. The maximum absolute atomic E-state index is 2.47. The minimum atomic E-state index is 0. The minimum absolute atomic E-state index is 0. The van der Waals surface area contributed by atoms with Crippen LogP contribution >= 0.6 is 24.8 Å². The van der Waals surface area contributed by atoms with Crippen LogP contribution in [0.4, 0.5) is 0 Å². The van der Waals surface area contributed by atoms with Gasteiger partial charge in [-0.1, -0.05) is 12.8 Å². The Morgan fingerprint density at radius 3 is 2.25 bits per heavy atom. The summed E-state index contributed by atoms with van der Waals surface area (Å²) >= 11 is 0. The Labute approximate surface area is 88.5 Å². The van der Waals surface area contributed by atoms with E-state index in [1.54, 1.807) is 0 Å². The van der Waals surface area contributed by atoms with E-state index in [-0.39, 0.29) is 31.0 Å². The normalized spacial score (nSPS) is 24.0. The molecule has 1 atom stereocenters. The van der Waals surface area contributed by atoms with Crippen molar-refractivity contribution in [3.63, 3.8) is 0 Å². The van der Waals surface area contributed by atoms with E-state index in [9.17, 15) is 0 Å². The van der Waals surface area contributed by atoms with Crippen LogP contribution in [-0.2, 0) is 0 Å². The first-order chi connectivity index (χ1) is 4.30. The molecule has 0 radical (unpaired) electrons. The van der Waals surface area contributed by atoms with E-state index in [2.05, 4.69) is 18.9 Å². The van der Waals surface area contributed by atoms with Gasteiger partial charge in [0.15, 0.2) is 0 Å². The maximum atomic E-state index is 2.47. The van der Waals surface area contributed by atoms with Gasteiger partial charge in [-0.05, 0) is 33.4 Å². The van der Waals surface area contributed by atoms with Crippen LogP contribution in [0.25, 0.3) is 0 Å². The fourth-order valence-electron chi connectivity index (χ4n) is 1.42. The molecule has 0 saturated carbocycles. The van der Waals surface area contributed by atoms with Crippen molar-refractivity contribution in [1.82, 2.24) is 11.1 Å². The van der Waals surface area contributed by atoms with Crippen LogP contribution in [-0.4, -0.2) is 24.5 Å². The first-order valence-electron chi connectivity index (χ1n) is 4.01. The molecular formula is C8H22Cl2N2. The molecule has 1 saturated heterocycles. The van der Waals surface area contributed by atoms with Crippen LogP contribution < -0.4 is 6.15 Å². The number of hydrogen-bond acceptors (Lipinski definition) is 2. The Morgan fingerprint density at radius 2 is 1.67 bits per heavy atom. The van der Waals surface area contributed by atoms with Gasteiger partial charge in [0.05, 0.1) is 0 Å². The summed E-state index contributed by atoms with van der Waals surface area (Å²) in [5, 5.41) is 0. The Hall–Kier alpha value is 0.500. The van der Waals surface area contributed by atoms with Gasteiger partial charge in [0.2, 0.25) is 0 Å². The topological polar surface area (TPSA) is 38.2 Å². The third-order valence-electron chi connectivity index (χ3n) is 2.39. The Bertz CT molecular complexity index is 81.1. The van der Waals surface area contributed by atoms with E-state index >= 15 is 0 Å². The highest BCUT2D eigenvalue weighted by Gasteiger charge is 2.11. The van der Waals surface area contributed by atoms with E-state index < -0.39 is 0 Å². The fraction of sp³-hybridized carbons (Fsp3) is 1.00. The quantitative estimate of drug-likeness (QED) is 0.677. The number of nitrogens with zero attached hydrogens (tertiary/aromatic N) is 1. The summed E-state index contributed by atoms with van der Waals surface area (Å²) in [5.41, 5.74) is 0. The number of likely N-dealkylation sites (tertiary alicyclic amines) is 1. The standard InChI is InChI=1S/C8H17N.2ClH.H3N/c1-8-6-4-3-5-7-9(8)2;;;/h8H,3-7H2,1-2H3;2*1H;1H3. The number of hydrogen-bond donors (Lipinski definition) is 1. The van der Waals surface area contributed by atoms with Gasteiger partial charge in [-0.25, -0.2) is 0 Å². The van der Waals surface area contributed by atoms with Gasteiger partial charge in [-0.15, -0.1) is 24.8 Å². The molecule has 0 aromatic carbocycles. The second-order valence-corrected chi connectivity index (χ2v) is 3.18.